The molecule has 0 aliphatic carbocycles. The Morgan fingerprint density at radius 2 is 2.42 bits per heavy atom. The predicted octanol–water partition coefficient (Wildman–Crippen LogP) is 0.605. The summed E-state index contributed by atoms with van der Waals surface area (Å²) in [5.74, 6) is 0.758. The Kier molecular flexibility index (Phi) is 3.31. The van der Waals surface area contributed by atoms with Crippen molar-refractivity contribution in [3.05, 3.63) is 10.8 Å². The zero-order chi connectivity index (χ0) is 8.97. The third-order valence-corrected chi connectivity index (χ3v) is 2.03. The molecule has 1 aromatic rings. The molecule has 1 aromatic heterocycles. The number of Topliss-reactive ketones (excluding diaryl/α,β-unsaturated/α-hetero) is 1. The maximum Gasteiger partial charge on any atom is 0.165 e. The van der Waals surface area contributed by atoms with Crippen LogP contribution in [0.2, 0.25) is 0 Å². The fraction of sp³-hybridized carbons (Fsp3) is 0.571. The second-order valence-electron chi connectivity index (χ2n) is 2.38. The van der Waals surface area contributed by atoms with Crippen molar-refractivity contribution in [2.45, 2.75) is 13.3 Å². The van der Waals surface area contributed by atoms with Crippen LogP contribution in [0.5, 0.6) is 0 Å². The highest BCUT2D eigenvalue weighted by Gasteiger charge is 2.06. The van der Waals surface area contributed by atoms with Crippen LogP contribution in [0.3, 0.4) is 0 Å². The molecule has 0 saturated carbocycles. The number of ether oxygens (including phenoxy) is 1. The molecule has 0 saturated heterocycles. The smallest absolute Gasteiger partial charge is 0.165 e. The lowest BCUT2D eigenvalue weighted by Gasteiger charge is -1.93. The van der Waals surface area contributed by atoms with Gasteiger partial charge in [0.2, 0.25) is 0 Å². The van der Waals surface area contributed by atoms with Gasteiger partial charge in [-0.2, -0.15) is 4.37 Å². The third kappa shape index (κ3) is 2.67. The molecule has 0 bridgehead atoms. The second kappa shape index (κ2) is 4.27. The molecule has 12 heavy (non-hydrogen) atoms. The van der Waals surface area contributed by atoms with Gasteiger partial charge in [0.15, 0.2) is 5.78 Å². The number of carbonyl (C=O) groups is 1. The summed E-state index contributed by atoms with van der Waals surface area (Å²) < 4.78 is 8.66. The van der Waals surface area contributed by atoms with E-state index in [0.717, 1.165) is 10.8 Å². The summed E-state index contributed by atoms with van der Waals surface area (Å²) >= 11 is 1.27. The van der Waals surface area contributed by atoms with Crippen molar-refractivity contribution in [3.8, 4) is 0 Å². The van der Waals surface area contributed by atoms with Gasteiger partial charge in [-0.1, -0.05) is 0 Å². The first-order valence-electron chi connectivity index (χ1n) is 3.52. The SMILES string of the molecule is COCC(=O)Cc1nc(C)ns1. The highest BCUT2D eigenvalue weighted by molar-refractivity contribution is 7.05. The van der Waals surface area contributed by atoms with Crippen molar-refractivity contribution >= 4 is 17.3 Å². The van der Waals surface area contributed by atoms with Crippen LogP contribution >= 0.6 is 11.5 Å². The van der Waals surface area contributed by atoms with Crippen LogP contribution in [0.1, 0.15) is 10.8 Å². The Labute approximate surface area is 74.8 Å². The number of carbonyl (C=O) groups excluding carboxylic acids is 1. The van der Waals surface area contributed by atoms with Gasteiger partial charge in [0.25, 0.3) is 0 Å². The Bertz CT molecular complexity index is 272. The van der Waals surface area contributed by atoms with Gasteiger partial charge in [0, 0.05) is 7.11 Å². The zero-order valence-corrected chi connectivity index (χ0v) is 7.85. The zero-order valence-electron chi connectivity index (χ0n) is 7.03. The lowest BCUT2D eigenvalue weighted by atomic mass is 10.3. The molecule has 0 aliphatic heterocycles. The van der Waals surface area contributed by atoms with Crippen LogP contribution in [0.4, 0.5) is 0 Å². The van der Waals surface area contributed by atoms with Crippen LogP contribution in [0, 0.1) is 6.92 Å². The largest absolute Gasteiger partial charge is 0.377 e. The number of ketones is 1. The topological polar surface area (TPSA) is 52.1 Å². The summed E-state index contributed by atoms with van der Waals surface area (Å²) in [6.07, 6.45) is 0.333. The normalized spacial score (nSPS) is 10.2. The fourth-order valence-electron chi connectivity index (χ4n) is 0.793. The van der Waals surface area contributed by atoms with Crippen molar-refractivity contribution < 1.29 is 9.53 Å². The number of methoxy groups -OCH3 is 1. The van der Waals surface area contributed by atoms with Crippen LogP contribution in [0.15, 0.2) is 0 Å². The monoisotopic (exact) mass is 186 g/mol. The minimum atomic E-state index is 0.0358. The van der Waals surface area contributed by atoms with Crippen LogP contribution in [-0.2, 0) is 16.0 Å². The van der Waals surface area contributed by atoms with E-state index in [9.17, 15) is 4.79 Å². The summed E-state index contributed by atoms with van der Waals surface area (Å²) in [6.45, 7) is 1.96. The van der Waals surface area contributed by atoms with E-state index in [-0.39, 0.29) is 12.4 Å². The van der Waals surface area contributed by atoms with Crippen molar-refractivity contribution in [1.82, 2.24) is 9.36 Å². The summed E-state index contributed by atoms with van der Waals surface area (Å²) in [5, 5.41) is 0.759. The summed E-state index contributed by atoms with van der Waals surface area (Å²) in [5.41, 5.74) is 0. The molecule has 0 spiro atoms. The first-order chi connectivity index (χ1) is 5.72. The first kappa shape index (κ1) is 9.28. The summed E-state index contributed by atoms with van der Waals surface area (Å²) in [7, 11) is 1.50. The van der Waals surface area contributed by atoms with Gasteiger partial charge in [-0.3, -0.25) is 4.79 Å². The second-order valence-corrected chi connectivity index (χ2v) is 3.22. The van der Waals surface area contributed by atoms with Crippen molar-refractivity contribution in [3.63, 3.8) is 0 Å². The predicted molar refractivity (Wildman–Crippen MR) is 45.2 cm³/mol. The van der Waals surface area contributed by atoms with Crippen molar-refractivity contribution in [2.75, 3.05) is 13.7 Å². The highest BCUT2D eigenvalue weighted by atomic mass is 32.1. The number of hydrogen-bond donors (Lipinski definition) is 0. The van der Waals surface area contributed by atoms with Gasteiger partial charge in [-0.05, 0) is 18.5 Å². The molecule has 0 atom stereocenters. The number of aryl methyl sites for hydroxylation is 1. The fourth-order valence-corrected chi connectivity index (χ4v) is 1.47. The molecule has 0 unspecified atom stereocenters. The van der Waals surface area contributed by atoms with Crippen LogP contribution < -0.4 is 0 Å². The summed E-state index contributed by atoms with van der Waals surface area (Å²) in [6, 6.07) is 0. The van der Waals surface area contributed by atoms with E-state index in [1.165, 1.54) is 18.6 Å². The molecule has 1 rings (SSSR count). The van der Waals surface area contributed by atoms with E-state index in [1.807, 2.05) is 0 Å². The van der Waals surface area contributed by atoms with E-state index in [0.29, 0.717) is 6.42 Å². The van der Waals surface area contributed by atoms with Gasteiger partial charge >= 0.3 is 0 Å². The van der Waals surface area contributed by atoms with E-state index in [2.05, 4.69) is 14.1 Å². The minimum Gasteiger partial charge on any atom is -0.377 e. The van der Waals surface area contributed by atoms with Crippen LogP contribution in [0.25, 0.3) is 0 Å². The first-order valence-corrected chi connectivity index (χ1v) is 4.29. The molecular weight excluding hydrogens is 176 g/mol. The Morgan fingerprint density at radius 3 is 2.92 bits per heavy atom. The molecular formula is C7H10N2O2S. The molecule has 0 aliphatic rings. The Morgan fingerprint density at radius 1 is 1.67 bits per heavy atom. The molecule has 1 heterocycles. The van der Waals surface area contributed by atoms with E-state index in [1.54, 1.807) is 6.92 Å². The highest BCUT2D eigenvalue weighted by Crippen LogP contribution is 2.04. The average Bonchev–Trinajstić information content (AvgIpc) is 2.36. The maximum atomic E-state index is 11.0. The number of rotatable bonds is 4. The molecule has 4 nitrogen and oxygen atoms in total. The molecule has 5 heteroatoms. The van der Waals surface area contributed by atoms with Gasteiger partial charge < -0.3 is 4.74 Å². The molecule has 0 fully saturated rings. The minimum absolute atomic E-state index is 0.0358. The molecule has 0 amide bonds. The Balaban J connectivity index is 2.46. The standard InChI is InChI=1S/C7H10N2O2S/c1-5-8-7(12-9-5)3-6(10)4-11-2/h3-4H2,1-2H3. The molecule has 0 aromatic carbocycles. The lowest BCUT2D eigenvalue weighted by molar-refractivity contribution is -0.121. The number of hydrogen-bond acceptors (Lipinski definition) is 5. The molecule has 0 radical (unpaired) electrons. The van der Waals surface area contributed by atoms with Gasteiger partial charge in [0.05, 0.1) is 6.42 Å². The quantitative estimate of drug-likeness (QED) is 0.691. The van der Waals surface area contributed by atoms with E-state index in [4.69, 9.17) is 0 Å². The van der Waals surface area contributed by atoms with Crippen molar-refractivity contribution in [1.29, 1.82) is 0 Å². The van der Waals surface area contributed by atoms with E-state index >= 15 is 0 Å². The van der Waals surface area contributed by atoms with Gasteiger partial charge in [-0.25, -0.2) is 4.98 Å². The van der Waals surface area contributed by atoms with Crippen molar-refractivity contribution in [2.24, 2.45) is 0 Å². The third-order valence-electron chi connectivity index (χ3n) is 1.22. The average molecular weight is 186 g/mol. The Hall–Kier alpha value is -0.810. The lowest BCUT2D eigenvalue weighted by Crippen LogP contribution is -2.09. The van der Waals surface area contributed by atoms with E-state index < -0.39 is 0 Å². The van der Waals surface area contributed by atoms with Crippen LogP contribution in [-0.4, -0.2) is 28.9 Å². The van der Waals surface area contributed by atoms with Gasteiger partial charge in [-0.15, -0.1) is 0 Å². The number of aromatic nitrogens is 2. The molecule has 66 valence electrons. The summed E-state index contributed by atoms with van der Waals surface area (Å²) in [4.78, 5) is 15.1. The maximum absolute atomic E-state index is 11.0. The van der Waals surface area contributed by atoms with Gasteiger partial charge in [0.1, 0.15) is 17.4 Å². The molecule has 0 N–H and O–H groups in total. The number of nitrogens with zero attached hydrogens (tertiary/aromatic N) is 2.